The van der Waals surface area contributed by atoms with Gasteiger partial charge in [0.15, 0.2) is 0 Å². The average molecular weight is 578 g/mol. The molecule has 0 spiro atoms. The first-order valence-electron chi connectivity index (χ1n) is 16.9. The summed E-state index contributed by atoms with van der Waals surface area (Å²) in [5, 5.41) is 0. The molecule has 0 aromatic carbocycles. The van der Waals surface area contributed by atoms with Crippen LogP contribution in [0.3, 0.4) is 0 Å². The smallest absolute Gasteiger partial charge is 0.225 e. The molecule has 3 rings (SSSR count). The van der Waals surface area contributed by atoms with E-state index in [0.29, 0.717) is 47.4 Å². The highest BCUT2D eigenvalue weighted by Gasteiger charge is 2.31. The molecular formula is C35H67N3O3. The molecule has 0 aromatic rings. The Morgan fingerprint density at radius 1 is 0.561 bits per heavy atom. The van der Waals surface area contributed by atoms with Gasteiger partial charge in [-0.05, 0) is 68.1 Å². The fraction of sp³-hybridized carbons (Fsp3) is 0.914. The van der Waals surface area contributed by atoms with E-state index in [1.807, 2.05) is 46.4 Å². The lowest BCUT2D eigenvalue weighted by Crippen LogP contribution is -2.43. The van der Waals surface area contributed by atoms with Gasteiger partial charge in [-0.2, -0.15) is 0 Å². The minimum absolute atomic E-state index is 0.154. The lowest BCUT2D eigenvalue weighted by molar-refractivity contribution is -0.137. The molecule has 240 valence electrons. The van der Waals surface area contributed by atoms with Gasteiger partial charge in [-0.1, -0.05) is 83.1 Å². The van der Waals surface area contributed by atoms with Crippen molar-refractivity contribution in [2.75, 3.05) is 32.7 Å². The Balaban J connectivity index is 0.000000308. The molecule has 6 heteroatoms. The molecule has 3 aliphatic rings. The number of rotatable bonds is 7. The number of carbonyl (C=O) groups is 3. The predicted octanol–water partition coefficient (Wildman–Crippen LogP) is 7.36. The highest BCUT2D eigenvalue weighted by atomic mass is 16.2. The predicted molar refractivity (Wildman–Crippen MR) is 172 cm³/mol. The van der Waals surface area contributed by atoms with E-state index >= 15 is 0 Å². The molecule has 0 aromatic heterocycles. The number of hydrogen-bond acceptors (Lipinski definition) is 3. The van der Waals surface area contributed by atoms with Crippen LogP contribution in [-0.4, -0.2) is 71.2 Å². The number of carbonyl (C=O) groups excluding carboxylic acids is 3. The molecule has 0 saturated carbocycles. The highest BCUT2D eigenvalue weighted by molar-refractivity contribution is 5.79. The number of amides is 3. The van der Waals surface area contributed by atoms with Crippen molar-refractivity contribution in [3.05, 3.63) is 0 Å². The fourth-order valence-electron chi connectivity index (χ4n) is 6.26. The second-order valence-electron chi connectivity index (χ2n) is 14.9. The van der Waals surface area contributed by atoms with Crippen molar-refractivity contribution in [2.45, 2.75) is 128 Å². The first kappa shape index (κ1) is 37.4. The molecule has 41 heavy (non-hydrogen) atoms. The Kier molecular flexibility index (Phi) is 16.6. The van der Waals surface area contributed by atoms with Crippen LogP contribution in [0.5, 0.6) is 0 Å². The van der Waals surface area contributed by atoms with Gasteiger partial charge in [-0.3, -0.25) is 14.4 Å². The first-order chi connectivity index (χ1) is 19.1. The molecule has 0 N–H and O–H groups in total. The van der Waals surface area contributed by atoms with E-state index < -0.39 is 0 Å². The Morgan fingerprint density at radius 3 is 1.41 bits per heavy atom. The second-order valence-corrected chi connectivity index (χ2v) is 14.9. The SMILES string of the molecule is CC(C)C(=O)N1CCC(C(C)C)C1.CC(C)C(=O)N1CCCC(C(C)C)C1.CC(C)CC1CCCN1C(=O)C(C)C. The van der Waals surface area contributed by atoms with Gasteiger partial charge in [0.05, 0.1) is 0 Å². The van der Waals surface area contributed by atoms with Gasteiger partial charge < -0.3 is 14.7 Å². The molecule has 3 fully saturated rings. The zero-order valence-corrected chi connectivity index (χ0v) is 29.0. The Hall–Kier alpha value is -1.59. The van der Waals surface area contributed by atoms with E-state index in [9.17, 15) is 14.4 Å². The van der Waals surface area contributed by atoms with E-state index in [-0.39, 0.29) is 17.8 Å². The lowest BCUT2D eigenvalue weighted by Gasteiger charge is -2.35. The van der Waals surface area contributed by atoms with E-state index in [0.717, 1.165) is 38.6 Å². The summed E-state index contributed by atoms with van der Waals surface area (Å²) >= 11 is 0. The van der Waals surface area contributed by atoms with E-state index in [1.54, 1.807) is 0 Å². The number of piperidine rings is 1. The summed E-state index contributed by atoms with van der Waals surface area (Å²) in [4.78, 5) is 41.5. The van der Waals surface area contributed by atoms with Crippen LogP contribution in [0.4, 0.5) is 0 Å². The molecule has 3 heterocycles. The summed E-state index contributed by atoms with van der Waals surface area (Å²) in [6.07, 6.45) is 7.22. The van der Waals surface area contributed by atoms with E-state index in [2.05, 4.69) is 51.3 Å². The summed E-state index contributed by atoms with van der Waals surface area (Å²) in [6.45, 7) is 30.3. The van der Waals surface area contributed by atoms with Gasteiger partial charge in [0, 0.05) is 56.5 Å². The summed E-state index contributed by atoms with van der Waals surface area (Å²) < 4.78 is 0. The quantitative estimate of drug-likeness (QED) is 0.318. The topological polar surface area (TPSA) is 60.9 Å². The van der Waals surface area contributed by atoms with Crippen molar-refractivity contribution >= 4 is 17.7 Å². The number of hydrogen-bond donors (Lipinski definition) is 0. The van der Waals surface area contributed by atoms with Gasteiger partial charge in [0.2, 0.25) is 17.7 Å². The number of nitrogens with zero attached hydrogens (tertiary/aromatic N) is 3. The summed E-state index contributed by atoms with van der Waals surface area (Å²) in [7, 11) is 0. The summed E-state index contributed by atoms with van der Waals surface area (Å²) in [5.74, 6) is 5.01. The van der Waals surface area contributed by atoms with Gasteiger partial charge in [0.25, 0.3) is 0 Å². The monoisotopic (exact) mass is 578 g/mol. The average Bonchev–Trinajstić information content (AvgIpc) is 3.58. The Bertz CT molecular complexity index is 790. The van der Waals surface area contributed by atoms with Gasteiger partial charge >= 0.3 is 0 Å². The van der Waals surface area contributed by atoms with Crippen molar-refractivity contribution in [2.24, 2.45) is 47.3 Å². The molecule has 3 unspecified atom stereocenters. The van der Waals surface area contributed by atoms with Crippen LogP contribution < -0.4 is 0 Å². The minimum atomic E-state index is 0.154. The molecule has 0 bridgehead atoms. The largest absolute Gasteiger partial charge is 0.342 e. The van der Waals surface area contributed by atoms with Gasteiger partial charge in [0.1, 0.15) is 0 Å². The van der Waals surface area contributed by atoms with Crippen LogP contribution in [0.1, 0.15) is 122 Å². The van der Waals surface area contributed by atoms with Crippen LogP contribution in [0.15, 0.2) is 0 Å². The zero-order chi connectivity index (χ0) is 31.4. The maximum atomic E-state index is 11.9. The maximum Gasteiger partial charge on any atom is 0.225 e. The molecular weight excluding hydrogens is 510 g/mol. The molecule has 3 aliphatic heterocycles. The van der Waals surface area contributed by atoms with Crippen molar-refractivity contribution in [1.29, 1.82) is 0 Å². The third-order valence-electron chi connectivity index (χ3n) is 9.08. The van der Waals surface area contributed by atoms with Crippen LogP contribution in [0.2, 0.25) is 0 Å². The van der Waals surface area contributed by atoms with Crippen molar-refractivity contribution in [1.82, 2.24) is 14.7 Å². The molecule has 0 radical (unpaired) electrons. The first-order valence-corrected chi connectivity index (χ1v) is 16.9. The highest BCUT2D eigenvalue weighted by Crippen LogP contribution is 2.26. The van der Waals surface area contributed by atoms with Crippen LogP contribution in [0.25, 0.3) is 0 Å². The van der Waals surface area contributed by atoms with E-state index in [1.165, 1.54) is 38.5 Å². The van der Waals surface area contributed by atoms with Crippen LogP contribution >= 0.6 is 0 Å². The van der Waals surface area contributed by atoms with Gasteiger partial charge in [-0.25, -0.2) is 0 Å². The lowest BCUT2D eigenvalue weighted by atomic mass is 9.87. The van der Waals surface area contributed by atoms with Crippen LogP contribution in [0, 0.1) is 47.3 Å². The standard InChI is InChI=1S/2C12H23NO.C11H21NO/c1-9(2)11-6-5-7-13(8-11)12(14)10(3)4;1-9(2)8-11-6-5-7-13(11)12(14)10(3)4;1-8(2)10-5-6-12(7-10)11(13)9(3)4/h2*9-11H,5-8H2,1-4H3;8-10H,5-7H2,1-4H3. The molecule has 3 atom stereocenters. The van der Waals surface area contributed by atoms with Gasteiger partial charge in [-0.15, -0.1) is 0 Å². The Morgan fingerprint density at radius 2 is 1.00 bits per heavy atom. The molecule has 0 aliphatic carbocycles. The summed E-state index contributed by atoms with van der Waals surface area (Å²) in [5.41, 5.74) is 0. The molecule has 3 amide bonds. The third-order valence-corrected chi connectivity index (χ3v) is 9.08. The Labute approximate surface area is 254 Å². The zero-order valence-electron chi connectivity index (χ0n) is 29.0. The normalized spacial score (nSPS) is 23.0. The second kappa shape index (κ2) is 18.2. The fourth-order valence-corrected chi connectivity index (χ4v) is 6.26. The molecule has 6 nitrogen and oxygen atoms in total. The van der Waals surface area contributed by atoms with Crippen molar-refractivity contribution in [3.63, 3.8) is 0 Å². The molecule has 3 saturated heterocycles. The maximum absolute atomic E-state index is 11.9. The number of likely N-dealkylation sites (tertiary alicyclic amines) is 3. The van der Waals surface area contributed by atoms with Crippen molar-refractivity contribution < 1.29 is 14.4 Å². The summed E-state index contributed by atoms with van der Waals surface area (Å²) in [6, 6.07) is 0.518. The third kappa shape index (κ3) is 12.7. The van der Waals surface area contributed by atoms with Crippen LogP contribution in [-0.2, 0) is 14.4 Å². The minimum Gasteiger partial charge on any atom is -0.342 e. The van der Waals surface area contributed by atoms with E-state index in [4.69, 9.17) is 0 Å². The van der Waals surface area contributed by atoms with Crippen molar-refractivity contribution in [3.8, 4) is 0 Å².